The molecule has 0 radical (unpaired) electrons. The van der Waals surface area contributed by atoms with E-state index in [1.165, 1.54) is 0 Å². The minimum Gasteiger partial charge on any atom is -0.436 e. The molecule has 6 heteroatoms. The van der Waals surface area contributed by atoms with Gasteiger partial charge < -0.3 is 4.74 Å². The third kappa shape index (κ3) is 2.55. The van der Waals surface area contributed by atoms with Crippen LogP contribution in [0.5, 0.6) is 11.6 Å². The second kappa shape index (κ2) is 4.42. The van der Waals surface area contributed by atoms with Crippen molar-refractivity contribution in [3.63, 3.8) is 0 Å². The molecule has 0 spiro atoms. The van der Waals surface area contributed by atoms with Gasteiger partial charge in [-0.1, -0.05) is 29.8 Å². The predicted octanol–water partition coefficient (Wildman–Crippen LogP) is 2.97. The number of rotatable bonds is 2. The molecule has 1 heterocycles. The molecule has 15 heavy (non-hydrogen) atoms. The average Bonchev–Trinajstić information content (AvgIpc) is 2.25. The van der Waals surface area contributed by atoms with Crippen molar-refractivity contribution in [1.29, 1.82) is 0 Å². The molecule has 0 amide bonds. The van der Waals surface area contributed by atoms with Crippen molar-refractivity contribution in [2.45, 2.75) is 0 Å². The van der Waals surface area contributed by atoms with Gasteiger partial charge >= 0.3 is 0 Å². The lowest BCUT2D eigenvalue weighted by atomic mass is 10.3. The van der Waals surface area contributed by atoms with Crippen LogP contribution >= 0.6 is 23.2 Å². The zero-order valence-electron chi connectivity index (χ0n) is 7.39. The van der Waals surface area contributed by atoms with Crippen molar-refractivity contribution in [3.05, 3.63) is 40.8 Å². The molecule has 0 saturated heterocycles. The second-order valence-electron chi connectivity index (χ2n) is 2.59. The second-order valence-corrected chi connectivity index (χ2v) is 3.29. The largest absolute Gasteiger partial charge is 0.436 e. The van der Waals surface area contributed by atoms with Crippen LogP contribution in [0.4, 0.5) is 0 Å². The van der Waals surface area contributed by atoms with E-state index in [1.54, 1.807) is 12.1 Å². The van der Waals surface area contributed by atoms with Gasteiger partial charge in [0.1, 0.15) is 5.75 Å². The minimum absolute atomic E-state index is 0.00895. The molecule has 0 N–H and O–H groups in total. The highest BCUT2D eigenvalue weighted by atomic mass is 35.5. The highest BCUT2D eigenvalue weighted by Gasteiger charge is 2.07. The third-order valence-corrected chi connectivity index (χ3v) is 1.95. The molecule has 2 aromatic rings. The smallest absolute Gasteiger partial charge is 0.262 e. The summed E-state index contributed by atoms with van der Waals surface area (Å²) in [5.74, 6) is 0.749. The quantitative estimate of drug-likeness (QED) is 0.812. The Balaban J connectivity index is 2.28. The Kier molecular flexibility index (Phi) is 2.99. The van der Waals surface area contributed by atoms with Crippen LogP contribution in [-0.4, -0.2) is 15.2 Å². The molecule has 0 unspecified atom stereocenters. The van der Waals surface area contributed by atoms with Crippen molar-refractivity contribution < 1.29 is 4.74 Å². The summed E-state index contributed by atoms with van der Waals surface area (Å²) in [5, 5.41) is 7.11. The van der Waals surface area contributed by atoms with Gasteiger partial charge in [0.05, 0.1) is 0 Å². The number of ether oxygens (including phenoxy) is 1. The molecule has 0 fully saturated rings. The van der Waals surface area contributed by atoms with Crippen LogP contribution in [0.2, 0.25) is 10.4 Å². The normalized spacial score (nSPS) is 10.0. The molecule has 1 aromatic heterocycles. The summed E-state index contributed by atoms with van der Waals surface area (Å²) < 4.78 is 5.36. The van der Waals surface area contributed by atoms with Gasteiger partial charge in [-0.05, 0) is 23.7 Å². The SMILES string of the molecule is Clc1nnc(Cl)c(Oc2ccccc2)n1. The molecule has 0 saturated carbocycles. The van der Waals surface area contributed by atoms with E-state index in [0.717, 1.165) is 0 Å². The van der Waals surface area contributed by atoms with E-state index in [-0.39, 0.29) is 16.3 Å². The van der Waals surface area contributed by atoms with Crippen LogP contribution in [-0.2, 0) is 0 Å². The zero-order chi connectivity index (χ0) is 10.7. The lowest BCUT2D eigenvalue weighted by Crippen LogP contribution is -1.94. The Morgan fingerprint density at radius 2 is 1.73 bits per heavy atom. The van der Waals surface area contributed by atoms with E-state index in [2.05, 4.69) is 15.2 Å². The van der Waals surface area contributed by atoms with E-state index in [0.29, 0.717) is 5.75 Å². The molecule has 1 aromatic carbocycles. The molecular weight excluding hydrogens is 237 g/mol. The van der Waals surface area contributed by atoms with Crippen LogP contribution in [0.25, 0.3) is 0 Å². The van der Waals surface area contributed by atoms with Crippen LogP contribution in [0, 0.1) is 0 Å². The van der Waals surface area contributed by atoms with Gasteiger partial charge in [-0.15, -0.1) is 10.2 Å². The van der Waals surface area contributed by atoms with Crippen molar-refractivity contribution in [2.24, 2.45) is 0 Å². The van der Waals surface area contributed by atoms with Gasteiger partial charge in [0.15, 0.2) is 0 Å². The van der Waals surface area contributed by atoms with Crippen LogP contribution in [0.3, 0.4) is 0 Å². The fourth-order valence-electron chi connectivity index (χ4n) is 0.945. The van der Waals surface area contributed by atoms with Gasteiger partial charge in [-0.25, -0.2) is 0 Å². The van der Waals surface area contributed by atoms with E-state index < -0.39 is 0 Å². The summed E-state index contributed by atoms with van der Waals surface area (Å²) in [5.41, 5.74) is 0. The molecule has 4 nitrogen and oxygen atoms in total. The number of nitrogens with zero attached hydrogens (tertiary/aromatic N) is 3. The fourth-order valence-corrected chi connectivity index (χ4v) is 1.18. The Morgan fingerprint density at radius 1 is 1.00 bits per heavy atom. The molecule has 0 aliphatic carbocycles. The van der Waals surface area contributed by atoms with Crippen molar-refractivity contribution >= 4 is 23.2 Å². The highest BCUT2D eigenvalue weighted by molar-refractivity contribution is 6.31. The Hall–Kier alpha value is -1.39. The molecule has 0 bridgehead atoms. The summed E-state index contributed by atoms with van der Waals surface area (Å²) in [6.45, 7) is 0. The maximum Gasteiger partial charge on any atom is 0.262 e. The van der Waals surface area contributed by atoms with Crippen LogP contribution < -0.4 is 4.74 Å². The highest BCUT2D eigenvalue weighted by Crippen LogP contribution is 2.25. The summed E-state index contributed by atoms with van der Waals surface area (Å²) in [4.78, 5) is 3.81. The number of aromatic nitrogens is 3. The molecule has 0 aliphatic heterocycles. The van der Waals surface area contributed by atoms with Gasteiger partial charge in [-0.3, -0.25) is 0 Å². The standard InChI is InChI=1S/C9H5Cl2N3O/c10-7-8(12-9(11)14-13-7)15-6-4-2-1-3-5-6/h1-5H. The van der Waals surface area contributed by atoms with Crippen LogP contribution in [0.15, 0.2) is 30.3 Å². The van der Waals surface area contributed by atoms with E-state index >= 15 is 0 Å². The maximum absolute atomic E-state index is 5.73. The lowest BCUT2D eigenvalue weighted by molar-refractivity contribution is 0.457. The van der Waals surface area contributed by atoms with Crippen LogP contribution in [0.1, 0.15) is 0 Å². The Morgan fingerprint density at radius 3 is 2.47 bits per heavy atom. The topological polar surface area (TPSA) is 47.9 Å². The van der Waals surface area contributed by atoms with Gasteiger partial charge in [-0.2, -0.15) is 4.98 Å². The number of para-hydroxylation sites is 1. The first-order valence-corrected chi connectivity index (χ1v) is 4.80. The van der Waals surface area contributed by atoms with Gasteiger partial charge in [0, 0.05) is 0 Å². The number of hydrogen-bond donors (Lipinski definition) is 0. The first-order chi connectivity index (χ1) is 7.25. The number of hydrogen-bond acceptors (Lipinski definition) is 4. The zero-order valence-corrected chi connectivity index (χ0v) is 8.90. The summed E-state index contributed by atoms with van der Waals surface area (Å²) >= 11 is 11.3. The lowest BCUT2D eigenvalue weighted by Gasteiger charge is -2.04. The van der Waals surface area contributed by atoms with Crippen molar-refractivity contribution in [3.8, 4) is 11.6 Å². The molecule has 0 atom stereocenters. The first kappa shape index (κ1) is 10.1. The molecule has 2 rings (SSSR count). The first-order valence-electron chi connectivity index (χ1n) is 4.04. The summed E-state index contributed by atoms with van der Waals surface area (Å²) in [7, 11) is 0. The van der Waals surface area contributed by atoms with E-state index in [9.17, 15) is 0 Å². The monoisotopic (exact) mass is 241 g/mol. The Bertz CT molecular complexity index is 464. The van der Waals surface area contributed by atoms with Crippen molar-refractivity contribution in [1.82, 2.24) is 15.2 Å². The maximum atomic E-state index is 5.73. The van der Waals surface area contributed by atoms with E-state index in [1.807, 2.05) is 18.2 Å². The predicted molar refractivity (Wildman–Crippen MR) is 56.4 cm³/mol. The average molecular weight is 242 g/mol. The fraction of sp³-hybridized carbons (Fsp3) is 0. The molecule has 0 aliphatic rings. The summed E-state index contributed by atoms with van der Waals surface area (Å²) in [6, 6.07) is 9.08. The van der Waals surface area contributed by atoms with Gasteiger partial charge in [0.2, 0.25) is 10.4 Å². The number of benzene rings is 1. The number of halogens is 2. The minimum atomic E-state index is -0.00895. The Labute approximate surface area is 95.8 Å². The van der Waals surface area contributed by atoms with Gasteiger partial charge in [0.25, 0.3) is 5.88 Å². The molecular formula is C9H5Cl2N3O. The molecule has 76 valence electrons. The van der Waals surface area contributed by atoms with E-state index in [4.69, 9.17) is 27.9 Å². The van der Waals surface area contributed by atoms with Crippen molar-refractivity contribution in [2.75, 3.05) is 0 Å². The third-order valence-electron chi connectivity index (χ3n) is 1.55. The summed E-state index contributed by atoms with van der Waals surface area (Å²) in [6.07, 6.45) is 0.